The van der Waals surface area contributed by atoms with Gasteiger partial charge < -0.3 is 10.2 Å². The van der Waals surface area contributed by atoms with Gasteiger partial charge in [0.25, 0.3) is 0 Å². The van der Waals surface area contributed by atoms with Crippen molar-refractivity contribution in [3.05, 3.63) is 53.4 Å². The van der Waals surface area contributed by atoms with Crippen LogP contribution in [0.5, 0.6) is 0 Å². The molecule has 1 aliphatic heterocycles. The Morgan fingerprint density at radius 1 is 1.16 bits per heavy atom. The van der Waals surface area contributed by atoms with Gasteiger partial charge in [-0.15, -0.1) is 0 Å². The van der Waals surface area contributed by atoms with Crippen molar-refractivity contribution in [2.75, 3.05) is 36.4 Å². The van der Waals surface area contributed by atoms with Gasteiger partial charge in [-0.3, -0.25) is 9.69 Å². The van der Waals surface area contributed by atoms with Crippen LogP contribution in [0.25, 0.3) is 0 Å². The Morgan fingerprint density at radius 3 is 2.44 bits per heavy atom. The zero-order valence-electron chi connectivity index (χ0n) is 14.0. The maximum absolute atomic E-state index is 13.0. The van der Waals surface area contributed by atoms with Gasteiger partial charge >= 0.3 is 0 Å². The Labute approximate surface area is 151 Å². The van der Waals surface area contributed by atoms with Crippen LogP contribution in [0.3, 0.4) is 0 Å². The van der Waals surface area contributed by atoms with Gasteiger partial charge in [0.15, 0.2) is 0 Å². The third-order valence-corrected chi connectivity index (χ3v) is 4.64. The van der Waals surface area contributed by atoms with Gasteiger partial charge in [-0.25, -0.2) is 9.37 Å². The van der Waals surface area contributed by atoms with Gasteiger partial charge in [-0.2, -0.15) is 0 Å². The van der Waals surface area contributed by atoms with Gasteiger partial charge in [0, 0.05) is 38.1 Å². The van der Waals surface area contributed by atoms with E-state index in [0.29, 0.717) is 10.8 Å². The van der Waals surface area contributed by atoms with Crippen molar-refractivity contribution >= 4 is 29.0 Å². The molecule has 1 aliphatic rings. The highest BCUT2D eigenvalue weighted by Gasteiger charge is 2.25. The average molecular weight is 363 g/mol. The molecule has 1 N–H and O–H groups in total. The lowest BCUT2D eigenvalue weighted by Gasteiger charge is -2.38. The number of pyridine rings is 1. The summed E-state index contributed by atoms with van der Waals surface area (Å²) in [6.45, 7) is 5.00. The molecular weight excluding hydrogens is 343 g/mol. The number of nitrogens with one attached hydrogen (secondary N) is 1. The Bertz CT molecular complexity index is 715. The minimum Gasteiger partial charge on any atom is -0.369 e. The largest absolute Gasteiger partial charge is 0.369 e. The van der Waals surface area contributed by atoms with Crippen molar-refractivity contribution in [1.29, 1.82) is 0 Å². The number of anilines is 2. The van der Waals surface area contributed by atoms with Crippen LogP contribution in [0.1, 0.15) is 6.92 Å². The topological polar surface area (TPSA) is 48.5 Å². The molecule has 0 radical (unpaired) electrons. The molecule has 5 nitrogen and oxygen atoms in total. The summed E-state index contributed by atoms with van der Waals surface area (Å²) in [5, 5.41) is 3.34. The minimum atomic E-state index is -0.257. The van der Waals surface area contributed by atoms with Crippen molar-refractivity contribution in [3.63, 3.8) is 0 Å². The lowest BCUT2D eigenvalue weighted by atomic mass is 10.2. The highest BCUT2D eigenvalue weighted by atomic mass is 35.5. The lowest BCUT2D eigenvalue weighted by molar-refractivity contribution is -0.120. The van der Waals surface area contributed by atoms with Crippen LogP contribution < -0.4 is 10.2 Å². The third kappa shape index (κ3) is 4.46. The second kappa shape index (κ2) is 7.80. The normalized spacial score (nSPS) is 16.5. The number of aromatic nitrogens is 1. The van der Waals surface area contributed by atoms with E-state index in [0.717, 1.165) is 31.9 Å². The van der Waals surface area contributed by atoms with Gasteiger partial charge in [-0.05, 0) is 43.3 Å². The van der Waals surface area contributed by atoms with E-state index in [4.69, 9.17) is 11.6 Å². The fraction of sp³-hybridized carbons (Fsp3) is 0.333. The van der Waals surface area contributed by atoms with E-state index < -0.39 is 0 Å². The Kier molecular flexibility index (Phi) is 5.50. The number of halogens is 2. The molecule has 1 fully saturated rings. The highest BCUT2D eigenvalue weighted by molar-refractivity contribution is 6.30. The van der Waals surface area contributed by atoms with Crippen molar-refractivity contribution in [1.82, 2.24) is 9.88 Å². The summed E-state index contributed by atoms with van der Waals surface area (Å²) in [6.07, 6.45) is 1.50. The van der Waals surface area contributed by atoms with Gasteiger partial charge in [0.1, 0.15) is 11.6 Å². The smallest absolute Gasteiger partial charge is 0.242 e. The second-order valence-corrected chi connectivity index (χ2v) is 6.46. The zero-order valence-corrected chi connectivity index (χ0v) is 14.7. The summed E-state index contributed by atoms with van der Waals surface area (Å²) < 4.78 is 13.0. The average Bonchev–Trinajstić information content (AvgIpc) is 2.64. The van der Waals surface area contributed by atoms with Crippen molar-refractivity contribution in [2.24, 2.45) is 0 Å². The van der Waals surface area contributed by atoms with Crippen LogP contribution in [0.15, 0.2) is 42.6 Å². The molecule has 1 aromatic heterocycles. The molecule has 1 atom stereocenters. The van der Waals surface area contributed by atoms with E-state index in [9.17, 15) is 9.18 Å². The number of piperazine rings is 1. The molecule has 3 rings (SSSR count). The van der Waals surface area contributed by atoms with Crippen LogP contribution in [-0.4, -0.2) is 48.0 Å². The van der Waals surface area contributed by atoms with Crippen LogP contribution in [-0.2, 0) is 4.79 Å². The first-order chi connectivity index (χ1) is 12.0. The highest BCUT2D eigenvalue weighted by Crippen LogP contribution is 2.18. The molecule has 0 saturated carbocycles. The zero-order chi connectivity index (χ0) is 17.8. The molecule has 0 aliphatic carbocycles. The SMILES string of the molecule is CC(C(=O)Nc1ccc(Cl)cn1)N1CCN(c2ccc(F)cc2)CC1. The molecule has 2 heterocycles. The van der Waals surface area contributed by atoms with Gasteiger partial charge in [0.2, 0.25) is 5.91 Å². The van der Waals surface area contributed by atoms with Crippen LogP contribution in [0, 0.1) is 5.82 Å². The van der Waals surface area contributed by atoms with E-state index in [1.54, 1.807) is 24.3 Å². The third-order valence-electron chi connectivity index (χ3n) is 4.41. The molecule has 1 saturated heterocycles. The first kappa shape index (κ1) is 17.6. The van der Waals surface area contributed by atoms with E-state index in [1.807, 2.05) is 6.92 Å². The minimum absolute atomic E-state index is 0.0925. The standard InChI is InChI=1S/C18H20ClFN4O/c1-13(18(25)22-17-7-2-14(19)12-21-17)23-8-10-24(11-9-23)16-5-3-15(20)4-6-16/h2-7,12-13H,8-11H2,1H3,(H,21,22,25). The molecule has 1 unspecified atom stereocenters. The number of amides is 1. The molecule has 0 spiro atoms. The van der Waals surface area contributed by atoms with Gasteiger partial charge in [0.05, 0.1) is 11.1 Å². The Balaban J connectivity index is 1.53. The number of hydrogen-bond donors (Lipinski definition) is 1. The van der Waals surface area contributed by atoms with E-state index >= 15 is 0 Å². The number of carbonyl (C=O) groups is 1. The van der Waals surface area contributed by atoms with Crippen molar-refractivity contribution < 1.29 is 9.18 Å². The maximum Gasteiger partial charge on any atom is 0.242 e. The van der Waals surface area contributed by atoms with Crippen molar-refractivity contribution in [2.45, 2.75) is 13.0 Å². The number of hydrogen-bond acceptors (Lipinski definition) is 4. The number of rotatable bonds is 4. The van der Waals surface area contributed by atoms with Crippen LogP contribution in [0.2, 0.25) is 5.02 Å². The summed E-state index contributed by atoms with van der Waals surface area (Å²) in [4.78, 5) is 20.8. The Morgan fingerprint density at radius 2 is 1.84 bits per heavy atom. The first-order valence-electron chi connectivity index (χ1n) is 8.20. The second-order valence-electron chi connectivity index (χ2n) is 6.03. The fourth-order valence-electron chi connectivity index (χ4n) is 2.87. The molecule has 1 aromatic carbocycles. The number of carbonyl (C=O) groups excluding carboxylic acids is 1. The fourth-order valence-corrected chi connectivity index (χ4v) is 2.98. The van der Waals surface area contributed by atoms with Crippen LogP contribution >= 0.6 is 11.6 Å². The molecule has 1 amide bonds. The van der Waals surface area contributed by atoms with E-state index in [1.165, 1.54) is 18.3 Å². The molecule has 0 bridgehead atoms. The molecule has 25 heavy (non-hydrogen) atoms. The first-order valence-corrected chi connectivity index (χ1v) is 8.58. The van der Waals surface area contributed by atoms with E-state index in [2.05, 4.69) is 20.1 Å². The number of benzene rings is 1. The van der Waals surface area contributed by atoms with Gasteiger partial charge in [-0.1, -0.05) is 11.6 Å². The molecule has 132 valence electrons. The summed E-state index contributed by atoms with van der Waals surface area (Å²) in [7, 11) is 0. The van der Waals surface area contributed by atoms with Crippen molar-refractivity contribution in [3.8, 4) is 0 Å². The molecule has 2 aromatic rings. The molecule has 7 heteroatoms. The lowest BCUT2D eigenvalue weighted by Crippen LogP contribution is -2.52. The summed E-state index contributed by atoms with van der Waals surface area (Å²) in [6, 6.07) is 9.62. The predicted molar refractivity (Wildman–Crippen MR) is 97.5 cm³/mol. The monoisotopic (exact) mass is 362 g/mol. The quantitative estimate of drug-likeness (QED) is 0.908. The summed E-state index contributed by atoms with van der Waals surface area (Å²) >= 11 is 5.80. The predicted octanol–water partition coefficient (Wildman–Crippen LogP) is 3.02. The van der Waals surface area contributed by atoms with E-state index in [-0.39, 0.29) is 17.8 Å². The Hall–Kier alpha value is -2.18. The summed E-state index contributed by atoms with van der Waals surface area (Å²) in [5.74, 6) is 0.166. The number of nitrogens with zero attached hydrogens (tertiary/aromatic N) is 3. The molecular formula is C18H20ClFN4O. The summed E-state index contributed by atoms with van der Waals surface area (Å²) in [5.41, 5.74) is 1.00. The van der Waals surface area contributed by atoms with Crippen LogP contribution in [0.4, 0.5) is 15.9 Å². The maximum atomic E-state index is 13.0.